The standard InChI is InChI=1S/C5H10N2O.CH4/c8-5-7-3-1-6-2-4-7;/h5-6H,1-4H2;1H4. The second-order valence-corrected chi connectivity index (χ2v) is 1.89. The van der Waals surface area contributed by atoms with Crippen molar-refractivity contribution in [2.45, 2.75) is 7.43 Å². The lowest BCUT2D eigenvalue weighted by atomic mass is 10.4. The van der Waals surface area contributed by atoms with Gasteiger partial charge in [-0.25, -0.2) is 0 Å². The average molecular weight is 130 g/mol. The number of carbonyl (C=O) groups excluding carboxylic acids is 1. The van der Waals surface area contributed by atoms with Crippen LogP contribution in [-0.2, 0) is 4.79 Å². The zero-order valence-corrected chi connectivity index (χ0v) is 4.76. The number of hydrogen-bond acceptors (Lipinski definition) is 2. The van der Waals surface area contributed by atoms with Crippen molar-refractivity contribution < 1.29 is 4.79 Å². The van der Waals surface area contributed by atoms with Crippen molar-refractivity contribution in [3.8, 4) is 0 Å². The molecular weight excluding hydrogens is 116 g/mol. The van der Waals surface area contributed by atoms with Crippen molar-refractivity contribution >= 4 is 6.41 Å². The highest BCUT2D eigenvalue weighted by Crippen LogP contribution is 1.84. The maximum atomic E-state index is 10.1. The number of piperazine rings is 1. The van der Waals surface area contributed by atoms with Gasteiger partial charge in [-0.2, -0.15) is 0 Å². The van der Waals surface area contributed by atoms with E-state index in [0.29, 0.717) is 0 Å². The lowest BCUT2D eigenvalue weighted by Gasteiger charge is -2.22. The molecule has 0 bridgehead atoms. The fourth-order valence-corrected chi connectivity index (χ4v) is 0.788. The van der Waals surface area contributed by atoms with E-state index >= 15 is 0 Å². The number of nitrogens with zero attached hydrogens (tertiary/aromatic N) is 1. The minimum atomic E-state index is 0. The molecule has 1 aliphatic rings. The predicted molar refractivity (Wildman–Crippen MR) is 37.2 cm³/mol. The highest BCUT2D eigenvalue weighted by Gasteiger charge is 2.04. The fourth-order valence-electron chi connectivity index (χ4n) is 0.788. The molecule has 0 unspecified atom stereocenters. The van der Waals surface area contributed by atoms with Crippen LogP contribution in [0.5, 0.6) is 0 Å². The average Bonchev–Trinajstić information content (AvgIpc) is 1.90. The summed E-state index contributed by atoms with van der Waals surface area (Å²) in [4.78, 5) is 11.8. The van der Waals surface area contributed by atoms with E-state index in [4.69, 9.17) is 0 Å². The van der Waals surface area contributed by atoms with Crippen LogP contribution in [-0.4, -0.2) is 37.5 Å². The summed E-state index contributed by atoms with van der Waals surface area (Å²) < 4.78 is 0. The lowest BCUT2D eigenvalue weighted by Crippen LogP contribution is -2.42. The van der Waals surface area contributed by atoms with Crippen LogP contribution in [0.15, 0.2) is 0 Å². The van der Waals surface area contributed by atoms with Crippen LogP contribution in [0, 0.1) is 0 Å². The van der Waals surface area contributed by atoms with Gasteiger partial charge in [-0.3, -0.25) is 4.79 Å². The zero-order chi connectivity index (χ0) is 5.82. The molecule has 1 N–H and O–H groups in total. The van der Waals surface area contributed by atoms with Crippen LogP contribution in [0.25, 0.3) is 0 Å². The Kier molecular flexibility index (Phi) is 4.05. The van der Waals surface area contributed by atoms with Gasteiger partial charge in [-0.05, 0) is 0 Å². The summed E-state index contributed by atoms with van der Waals surface area (Å²) in [6.07, 6.45) is 0.904. The van der Waals surface area contributed by atoms with Crippen LogP contribution in [0.3, 0.4) is 0 Å². The van der Waals surface area contributed by atoms with Crippen LogP contribution >= 0.6 is 0 Å². The molecule has 3 heteroatoms. The van der Waals surface area contributed by atoms with Gasteiger partial charge in [0.1, 0.15) is 0 Å². The largest absolute Gasteiger partial charge is 0.343 e. The summed E-state index contributed by atoms with van der Waals surface area (Å²) in [7, 11) is 0. The van der Waals surface area contributed by atoms with Crippen molar-refractivity contribution in [3.63, 3.8) is 0 Å². The Labute approximate surface area is 56.0 Å². The van der Waals surface area contributed by atoms with Crippen LogP contribution in [0.1, 0.15) is 7.43 Å². The van der Waals surface area contributed by atoms with Gasteiger partial charge in [0, 0.05) is 26.2 Å². The van der Waals surface area contributed by atoms with E-state index in [9.17, 15) is 4.79 Å². The normalized spacial score (nSPS) is 18.4. The van der Waals surface area contributed by atoms with E-state index in [0.717, 1.165) is 32.6 Å². The van der Waals surface area contributed by atoms with Crippen molar-refractivity contribution in [2.75, 3.05) is 26.2 Å². The molecule has 0 saturated carbocycles. The third-order valence-electron chi connectivity index (χ3n) is 1.30. The smallest absolute Gasteiger partial charge is 0.209 e. The second kappa shape index (κ2) is 4.32. The number of nitrogens with one attached hydrogen (secondary N) is 1. The molecule has 1 amide bonds. The highest BCUT2D eigenvalue weighted by molar-refractivity contribution is 5.47. The van der Waals surface area contributed by atoms with Gasteiger partial charge >= 0.3 is 0 Å². The molecule has 0 aromatic rings. The zero-order valence-electron chi connectivity index (χ0n) is 4.76. The molecular formula is C6H14N2O. The number of carbonyl (C=O) groups is 1. The van der Waals surface area contributed by atoms with Gasteiger partial charge in [0.05, 0.1) is 0 Å². The molecule has 54 valence electrons. The van der Waals surface area contributed by atoms with E-state index in [-0.39, 0.29) is 7.43 Å². The first kappa shape index (κ1) is 8.43. The van der Waals surface area contributed by atoms with E-state index in [1.165, 1.54) is 0 Å². The summed E-state index contributed by atoms with van der Waals surface area (Å²) in [5, 5.41) is 3.15. The molecule has 3 nitrogen and oxygen atoms in total. The van der Waals surface area contributed by atoms with Gasteiger partial charge in [0.25, 0.3) is 0 Å². The molecule has 0 radical (unpaired) electrons. The fraction of sp³-hybridized carbons (Fsp3) is 0.833. The minimum absolute atomic E-state index is 0. The third kappa shape index (κ3) is 2.46. The van der Waals surface area contributed by atoms with E-state index in [1.54, 1.807) is 4.90 Å². The maximum Gasteiger partial charge on any atom is 0.209 e. The summed E-state index contributed by atoms with van der Waals surface area (Å²) in [5.41, 5.74) is 0. The van der Waals surface area contributed by atoms with Crippen molar-refractivity contribution in [1.29, 1.82) is 0 Å². The van der Waals surface area contributed by atoms with E-state index < -0.39 is 0 Å². The summed E-state index contributed by atoms with van der Waals surface area (Å²) in [5.74, 6) is 0. The predicted octanol–water partition coefficient (Wildman–Crippen LogP) is -0.316. The van der Waals surface area contributed by atoms with E-state index in [2.05, 4.69) is 5.32 Å². The molecule has 1 aliphatic heterocycles. The van der Waals surface area contributed by atoms with Gasteiger partial charge in [0.15, 0.2) is 0 Å². The third-order valence-corrected chi connectivity index (χ3v) is 1.30. The molecule has 0 aromatic heterocycles. The molecule has 1 rings (SSSR count). The molecule has 0 aromatic carbocycles. The number of amides is 1. The topological polar surface area (TPSA) is 32.3 Å². The quantitative estimate of drug-likeness (QED) is 0.493. The molecule has 1 heterocycles. The molecule has 9 heavy (non-hydrogen) atoms. The lowest BCUT2D eigenvalue weighted by molar-refractivity contribution is -0.118. The molecule has 1 fully saturated rings. The van der Waals surface area contributed by atoms with Gasteiger partial charge in [-0.15, -0.1) is 0 Å². The summed E-state index contributed by atoms with van der Waals surface area (Å²) >= 11 is 0. The Morgan fingerprint density at radius 3 is 2.22 bits per heavy atom. The number of rotatable bonds is 1. The first-order chi connectivity index (χ1) is 3.93. The van der Waals surface area contributed by atoms with Gasteiger partial charge in [-0.1, -0.05) is 7.43 Å². The van der Waals surface area contributed by atoms with E-state index in [1.807, 2.05) is 0 Å². The Hall–Kier alpha value is -0.570. The Morgan fingerprint density at radius 1 is 1.33 bits per heavy atom. The number of hydrogen-bond donors (Lipinski definition) is 1. The maximum absolute atomic E-state index is 10.1. The Morgan fingerprint density at radius 2 is 1.89 bits per heavy atom. The van der Waals surface area contributed by atoms with Gasteiger partial charge in [0.2, 0.25) is 6.41 Å². The first-order valence-corrected chi connectivity index (χ1v) is 2.83. The van der Waals surface area contributed by atoms with Crippen LogP contribution in [0.4, 0.5) is 0 Å². The van der Waals surface area contributed by atoms with Crippen LogP contribution in [0.2, 0.25) is 0 Å². The molecule has 0 atom stereocenters. The second-order valence-electron chi connectivity index (χ2n) is 1.89. The van der Waals surface area contributed by atoms with Crippen molar-refractivity contribution in [3.05, 3.63) is 0 Å². The molecule has 0 aliphatic carbocycles. The van der Waals surface area contributed by atoms with Gasteiger partial charge < -0.3 is 10.2 Å². The molecule has 0 spiro atoms. The van der Waals surface area contributed by atoms with Crippen molar-refractivity contribution in [2.24, 2.45) is 0 Å². The first-order valence-electron chi connectivity index (χ1n) is 2.83. The van der Waals surface area contributed by atoms with Crippen LogP contribution < -0.4 is 5.32 Å². The Bertz CT molecular complexity index is 79.1. The summed E-state index contributed by atoms with van der Waals surface area (Å²) in [6, 6.07) is 0. The molecule has 1 saturated heterocycles. The SMILES string of the molecule is C.O=CN1CCNCC1. The monoisotopic (exact) mass is 130 g/mol. The minimum Gasteiger partial charge on any atom is -0.343 e. The Balaban J connectivity index is 0.000000640. The van der Waals surface area contributed by atoms with Crippen molar-refractivity contribution in [1.82, 2.24) is 10.2 Å². The highest BCUT2D eigenvalue weighted by atomic mass is 16.1. The summed E-state index contributed by atoms with van der Waals surface area (Å²) in [6.45, 7) is 3.62.